The van der Waals surface area contributed by atoms with Gasteiger partial charge < -0.3 is 0 Å². The van der Waals surface area contributed by atoms with Gasteiger partial charge in [-0.1, -0.05) is 25.3 Å². The molecule has 0 heterocycles. The summed E-state index contributed by atoms with van der Waals surface area (Å²) in [5.41, 5.74) is -0.00544. The van der Waals surface area contributed by atoms with Crippen LogP contribution in [0, 0.1) is 51.0 Å². The van der Waals surface area contributed by atoms with Gasteiger partial charge in [0.25, 0.3) is 5.09 Å². The Kier molecular flexibility index (Phi) is 3.77. The highest BCUT2D eigenvalue weighted by molar-refractivity contribution is 5.91. The quantitative estimate of drug-likeness (QED) is 0.424. The zero-order valence-electron chi connectivity index (χ0n) is 15.6. The highest BCUT2D eigenvalue weighted by atomic mass is 17.0. The van der Waals surface area contributed by atoms with Crippen molar-refractivity contribution in [1.82, 2.24) is 0 Å². The molecule has 4 aliphatic carbocycles. The van der Waals surface area contributed by atoms with E-state index in [9.17, 15) is 14.9 Å². The summed E-state index contributed by atoms with van der Waals surface area (Å²) in [6.45, 7) is 4.45. The monoisotopic (exact) mass is 357 g/mol. The predicted octanol–water partition coefficient (Wildman–Crippen LogP) is 4.10. The summed E-state index contributed by atoms with van der Waals surface area (Å²) in [5, 5.41) is 10.4. The summed E-state index contributed by atoms with van der Waals surface area (Å²) >= 11 is 0. The van der Waals surface area contributed by atoms with E-state index in [4.69, 9.17) is 11.3 Å². The second-order valence-electron chi connectivity index (χ2n) is 9.25. The van der Waals surface area contributed by atoms with E-state index < -0.39 is 10.7 Å². The Morgan fingerprint density at radius 1 is 1.19 bits per heavy atom. The van der Waals surface area contributed by atoms with E-state index in [2.05, 4.69) is 19.8 Å². The molecule has 0 amide bonds. The number of carbonyl (C=O) groups excluding carboxylic acids is 1. The van der Waals surface area contributed by atoms with Crippen LogP contribution in [0.4, 0.5) is 0 Å². The number of nitrogens with zero attached hydrogens (tertiary/aromatic N) is 1. The third-order valence-electron chi connectivity index (χ3n) is 8.55. The van der Waals surface area contributed by atoms with Crippen LogP contribution in [0.1, 0.15) is 65.2 Å². The van der Waals surface area contributed by atoms with E-state index in [-0.39, 0.29) is 16.6 Å². The van der Waals surface area contributed by atoms with Crippen molar-refractivity contribution in [2.45, 2.75) is 70.8 Å². The molecule has 3 fully saturated rings. The number of fused-ring (bicyclic) bond motifs is 5. The summed E-state index contributed by atoms with van der Waals surface area (Å²) in [6, 6.07) is 0. The number of carbonyl (C=O) groups is 1. The third-order valence-corrected chi connectivity index (χ3v) is 8.55. The first-order valence-corrected chi connectivity index (χ1v) is 9.81. The molecule has 3 saturated carbocycles. The molecule has 0 N–H and O–H groups in total. The molecule has 6 atom stereocenters. The van der Waals surface area contributed by atoms with Crippen molar-refractivity contribution in [2.75, 3.05) is 0 Å². The Labute approximate surface area is 154 Å². The summed E-state index contributed by atoms with van der Waals surface area (Å²) in [5.74, 6) is 4.37. The number of terminal acetylenes is 1. The minimum Gasteiger partial charge on any atom is -0.295 e. The van der Waals surface area contributed by atoms with Crippen molar-refractivity contribution in [3.05, 3.63) is 21.8 Å². The highest BCUT2D eigenvalue weighted by Gasteiger charge is 2.65. The van der Waals surface area contributed by atoms with E-state index in [0.717, 1.165) is 38.5 Å². The Morgan fingerprint density at radius 2 is 1.92 bits per heavy atom. The van der Waals surface area contributed by atoms with Crippen LogP contribution >= 0.6 is 0 Å². The van der Waals surface area contributed by atoms with Crippen molar-refractivity contribution < 1.29 is 14.7 Å². The molecule has 0 aromatic heterocycles. The van der Waals surface area contributed by atoms with Gasteiger partial charge in [-0.3, -0.25) is 9.63 Å². The Bertz CT molecular complexity index is 737. The molecule has 0 saturated heterocycles. The van der Waals surface area contributed by atoms with Crippen molar-refractivity contribution >= 4 is 5.78 Å². The molecule has 0 aromatic carbocycles. The zero-order valence-corrected chi connectivity index (χ0v) is 15.6. The predicted molar refractivity (Wildman–Crippen MR) is 96.4 cm³/mol. The molecular weight excluding hydrogens is 330 g/mol. The molecule has 0 radical (unpaired) electrons. The van der Waals surface area contributed by atoms with Gasteiger partial charge in [0.2, 0.25) is 0 Å². The zero-order chi connectivity index (χ0) is 18.7. The minimum atomic E-state index is -1.09. The average Bonchev–Trinajstić information content (AvgIpc) is 2.88. The van der Waals surface area contributed by atoms with E-state index in [1.807, 2.05) is 6.08 Å². The third kappa shape index (κ3) is 2.14. The lowest BCUT2D eigenvalue weighted by Gasteiger charge is -2.58. The Hall–Kier alpha value is -1.83. The fraction of sp³-hybridized carbons (Fsp3) is 0.762. The van der Waals surface area contributed by atoms with Gasteiger partial charge in [0, 0.05) is 11.8 Å². The number of ketones is 1. The summed E-state index contributed by atoms with van der Waals surface area (Å²) in [4.78, 5) is 28.2. The van der Waals surface area contributed by atoms with E-state index in [0.29, 0.717) is 30.6 Å². The second kappa shape index (κ2) is 5.58. The average molecular weight is 357 g/mol. The first-order chi connectivity index (χ1) is 12.3. The maximum absolute atomic E-state index is 11.9. The van der Waals surface area contributed by atoms with Crippen LogP contribution in [0.25, 0.3) is 0 Å². The fourth-order valence-electron chi connectivity index (χ4n) is 7.10. The lowest BCUT2D eigenvalue weighted by Crippen LogP contribution is -2.55. The smallest absolute Gasteiger partial charge is 0.295 e. The molecule has 0 aliphatic heterocycles. The molecule has 0 bridgehead atoms. The van der Waals surface area contributed by atoms with Crippen molar-refractivity contribution in [3.63, 3.8) is 0 Å². The van der Waals surface area contributed by atoms with Gasteiger partial charge in [0.05, 0.1) is 0 Å². The maximum Gasteiger partial charge on any atom is 0.296 e. The molecule has 5 nitrogen and oxygen atoms in total. The maximum atomic E-state index is 11.9. The normalized spacial score (nSPS) is 47.0. The van der Waals surface area contributed by atoms with E-state index in [1.54, 1.807) is 0 Å². The van der Waals surface area contributed by atoms with Gasteiger partial charge in [0.15, 0.2) is 11.4 Å². The lowest BCUT2D eigenvalue weighted by molar-refractivity contribution is -0.781. The van der Waals surface area contributed by atoms with Crippen LogP contribution in [-0.4, -0.2) is 16.5 Å². The minimum absolute atomic E-state index is 0.101. The first-order valence-electron chi connectivity index (χ1n) is 9.81. The molecule has 5 heteroatoms. The van der Waals surface area contributed by atoms with Gasteiger partial charge in [-0.15, -0.1) is 16.5 Å². The van der Waals surface area contributed by atoms with Crippen molar-refractivity contribution in [1.29, 1.82) is 0 Å². The molecule has 0 spiro atoms. The van der Waals surface area contributed by atoms with Crippen molar-refractivity contribution in [2.24, 2.45) is 28.6 Å². The standard InChI is InChI=1S/C21H27NO4/c1-4-21(26-22(24)25)12-9-18-16-6-5-14-13-15(23)7-10-19(14,2)17(16)8-11-20(18,21)3/h1,13,16-18H,5-12H2,2-3H3/t16-,17-,18+,19+,20+,21?/m1/s1. The SMILES string of the molecule is C#CC1(O[N+](=O)[O-])CC[C@H]2[C@@H]3CCC4=CC(=O)CC[C@]4(C)[C@@H]3CC[C@@]21C. The number of hydrogen-bond donors (Lipinski definition) is 0. The van der Waals surface area contributed by atoms with Gasteiger partial charge in [0.1, 0.15) is 0 Å². The van der Waals surface area contributed by atoms with E-state index >= 15 is 0 Å². The molecule has 4 rings (SSSR count). The van der Waals surface area contributed by atoms with Crippen LogP contribution < -0.4 is 0 Å². The Balaban J connectivity index is 1.69. The highest BCUT2D eigenvalue weighted by Crippen LogP contribution is 2.68. The van der Waals surface area contributed by atoms with Gasteiger partial charge in [-0.05, 0) is 74.2 Å². The van der Waals surface area contributed by atoms with E-state index in [1.165, 1.54) is 5.57 Å². The molecule has 140 valence electrons. The summed E-state index contributed by atoms with van der Waals surface area (Å²) < 4.78 is 0. The second-order valence-corrected chi connectivity index (χ2v) is 9.25. The summed E-state index contributed by atoms with van der Waals surface area (Å²) in [6.07, 6.45) is 14.6. The molecule has 1 unspecified atom stereocenters. The largest absolute Gasteiger partial charge is 0.296 e. The Morgan fingerprint density at radius 3 is 2.62 bits per heavy atom. The van der Waals surface area contributed by atoms with Crippen LogP contribution in [0.3, 0.4) is 0 Å². The molecular formula is C21H27NO4. The van der Waals surface area contributed by atoms with Gasteiger partial charge >= 0.3 is 0 Å². The van der Waals surface area contributed by atoms with Crippen LogP contribution in [0.5, 0.6) is 0 Å². The van der Waals surface area contributed by atoms with Gasteiger partial charge in [-0.25, -0.2) is 0 Å². The summed E-state index contributed by atoms with van der Waals surface area (Å²) in [7, 11) is 0. The van der Waals surface area contributed by atoms with Crippen LogP contribution in [-0.2, 0) is 9.63 Å². The lowest BCUT2D eigenvalue weighted by atomic mass is 9.46. The number of rotatable bonds is 2. The molecule has 4 aliphatic rings. The molecule has 26 heavy (non-hydrogen) atoms. The van der Waals surface area contributed by atoms with Gasteiger partial charge in [-0.2, -0.15) is 0 Å². The topological polar surface area (TPSA) is 69.4 Å². The molecule has 0 aromatic rings. The number of allylic oxidation sites excluding steroid dienone is 1. The van der Waals surface area contributed by atoms with Crippen LogP contribution in [0.2, 0.25) is 0 Å². The van der Waals surface area contributed by atoms with Crippen molar-refractivity contribution in [3.8, 4) is 12.3 Å². The fourth-order valence-corrected chi connectivity index (χ4v) is 7.10. The van der Waals surface area contributed by atoms with Crippen LogP contribution in [0.15, 0.2) is 11.6 Å². The first kappa shape index (κ1) is 17.6. The number of hydrogen-bond acceptors (Lipinski definition) is 4.